The van der Waals surface area contributed by atoms with Crippen LogP contribution in [0.5, 0.6) is 17.2 Å². The lowest BCUT2D eigenvalue weighted by Crippen LogP contribution is -2.22. The number of aromatic nitrogens is 1. The van der Waals surface area contributed by atoms with Gasteiger partial charge in [-0.3, -0.25) is 4.79 Å². The van der Waals surface area contributed by atoms with Crippen LogP contribution in [-0.4, -0.2) is 55.7 Å². The van der Waals surface area contributed by atoms with Crippen molar-refractivity contribution in [3.05, 3.63) is 138 Å². The van der Waals surface area contributed by atoms with Crippen molar-refractivity contribution in [3.8, 4) is 34.4 Å². The number of hydrogen-bond donors (Lipinski definition) is 0. The summed E-state index contributed by atoms with van der Waals surface area (Å²) in [5, 5.41) is 16.2. The second-order valence-electron chi connectivity index (χ2n) is 16.0. The molecule has 5 aromatic carbocycles. The zero-order chi connectivity index (χ0) is 44.1. The second-order valence-corrected chi connectivity index (χ2v) is 17.0. The molecule has 330 valence electrons. The smallest absolute Gasteiger partial charge is 0.426 e. The Hall–Kier alpha value is -6.20. The molecule has 3 unspecified atom stereocenters. The van der Waals surface area contributed by atoms with Gasteiger partial charge in [-0.15, -0.1) is 0 Å². The minimum Gasteiger partial charge on any atom is -0.494 e. The van der Waals surface area contributed by atoms with E-state index in [0.29, 0.717) is 68.7 Å². The maximum Gasteiger partial charge on any atom is 0.426 e. The van der Waals surface area contributed by atoms with Crippen LogP contribution in [-0.2, 0) is 26.8 Å². The number of benzene rings is 5. The molecule has 1 aliphatic heterocycles. The van der Waals surface area contributed by atoms with Crippen molar-refractivity contribution < 1.29 is 37.3 Å². The molecule has 2 aliphatic rings. The van der Waals surface area contributed by atoms with E-state index in [1.54, 1.807) is 17.1 Å². The summed E-state index contributed by atoms with van der Waals surface area (Å²) < 4.78 is 61.0. The van der Waals surface area contributed by atoms with E-state index in [2.05, 4.69) is 6.07 Å². The lowest BCUT2D eigenvalue weighted by atomic mass is 9.90. The molecule has 6 aromatic rings. The van der Waals surface area contributed by atoms with E-state index in [4.69, 9.17) is 39.0 Å². The van der Waals surface area contributed by atoms with E-state index in [1.807, 2.05) is 78.9 Å². The summed E-state index contributed by atoms with van der Waals surface area (Å²) >= 11 is 1.46. The van der Waals surface area contributed by atoms with Gasteiger partial charge in [-0.2, -0.15) is 19.1 Å². The number of ether oxygens (including phenoxy) is 5. The molecule has 0 spiro atoms. The monoisotopic (exact) mass is 884 g/mol. The number of hydrogen-bond acceptors (Lipinski definition) is 11. The number of hydrazone groups is 1. The van der Waals surface area contributed by atoms with Gasteiger partial charge >= 0.3 is 12.1 Å². The van der Waals surface area contributed by atoms with Gasteiger partial charge in [0.15, 0.2) is 0 Å². The number of halogens is 2. The number of epoxide rings is 1. The molecule has 1 aliphatic carbocycles. The summed E-state index contributed by atoms with van der Waals surface area (Å²) in [5.74, 6) is 0.791. The molecule has 2 fully saturated rings. The van der Waals surface area contributed by atoms with E-state index >= 15 is 8.78 Å². The Kier molecular flexibility index (Phi) is 14.9. The fraction of sp³-hybridized carbons (Fsp3) is 0.333. The minimum absolute atomic E-state index is 0.0642. The molecule has 0 amide bonds. The number of unbranched alkanes of at least 4 members (excludes halogenated alkanes) is 2. The van der Waals surface area contributed by atoms with Gasteiger partial charge in [0.05, 0.1) is 46.9 Å². The maximum atomic E-state index is 15.7. The normalized spacial score (nSPS) is 16.9. The number of para-hydroxylation sites is 1. The average molecular weight is 885 g/mol. The van der Waals surface area contributed by atoms with Crippen LogP contribution < -0.4 is 19.2 Å². The first kappa shape index (κ1) is 44.4. The van der Waals surface area contributed by atoms with Crippen LogP contribution >= 0.6 is 11.3 Å². The van der Waals surface area contributed by atoms with Crippen molar-refractivity contribution in [1.29, 1.82) is 5.26 Å². The first-order valence-corrected chi connectivity index (χ1v) is 22.7. The molecule has 1 aromatic heterocycles. The Balaban J connectivity index is 0.918. The number of nitrogens with zero attached hydrogens (tertiary/aromatic N) is 4. The van der Waals surface area contributed by atoms with Gasteiger partial charge in [0.2, 0.25) is 5.13 Å². The molecular weight excluding hydrogens is 835 g/mol. The lowest BCUT2D eigenvalue weighted by Gasteiger charge is -2.20. The second kappa shape index (κ2) is 21.5. The number of aryl methyl sites for hydroxylation is 1. The Morgan fingerprint density at radius 3 is 2.47 bits per heavy atom. The van der Waals surface area contributed by atoms with Crippen LogP contribution in [0.25, 0.3) is 21.3 Å². The fourth-order valence-electron chi connectivity index (χ4n) is 7.66. The highest BCUT2D eigenvalue weighted by Gasteiger charge is 2.43. The van der Waals surface area contributed by atoms with Gasteiger partial charge in [0, 0.05) is 44.6 Å². The van der Waals surface area contributed by atoms with E-state index in [9.17, 15) is 4.79 Å². The average Bonchev–Trinajstić information content (AvgIpc) is 3.97. The Labute approximate surface area is 376 Å². The molecule has 2 heterocycles. The van der Waals surface area contributed by atoms with Crippen molar-refractivity contribution >= 4 is 38.9 Å². The number of thiazole rings is 1. The third-order valence-electron chi connectivity index (χ3n) is 11.2. The van der Waals surface area contributed by atoms with Crippen LogP contribution in [0.2, 0.25) is 0 Å². The van der Waals surface area contributed by atoms with Gasteiger partial charge in [-0.25, -0.2) is 9.99 Å². The van der Waals surface area contributed by atoms with Crippen LogP contribution in [0.4, 0.5) is 13.9 Å². The van der Waals surface area contributed by atoms with Crippen molar-refractivity contribution in [1.82, 2.24) is 4.98 Å². The van der Waals surface area contributed by atoms with E-state index in [0.717, 1.165) is 58.5 Å². The molecule has 0 N–H and O–H groups in total. The zero-order valence-corrected chi connectivity index (χ0v) is 36.3. The Morgan fingerprint density at radius 1 is 0.891 bits per heavy atom. The summed E-state index contributed by atoms with van der Waals surface area (Å²) in [5.41, 5.74) is 3.36. The van der Waals surface area contributed by atoms with Gasteiger partial charge < -0.3 is 23.7 Å². The van der Waals surface area contributed by atoms with Gasteiger partial charge in [0.25, 0.3) is 0 Å². The number of esters is 1. The van der Waals surface area contributed by atoms with Gasteiger partial charge in [-0.05, 0) is 116 Å². The fourth-order valence-corrected chi connectivity index (χ4v) is 8.61. The Morgan fingerprint density at radius 2 is 1.67 bits per heavy atom. The zero-order valence-electron chi connectivity index (χ0n) is 35.5. The molecule has 8 rings (SSSR count). The third-order valence-corrected chi connectivity index (χ3v) is 12.3. The first-order valence-electron chi connectivity index (χ1n) is 21.9. The van der Waals surface area contributed by atoms with Gasteiger partial charge in [-0.1, -0.05) is 78.1 Å². The number of rotatable bonds is 22. The topological polar surface area (TPSA) is 119 Å². The molecular formula is C51H50F2N4O6S. The molecule has 64 heavy (non-hydrogen) atoms. The van der Waals surface area contributed by atoms with Crippen molar-refractivity contribution in [2.45, 2.75) is 76.1 Å². The van der Waals surface area contributed by atoms with E-state index in [-0.39, 0.29) is 29.0 Å². The number of fused-ring (bicyclic) bond motifs is 2. The predicted molar refractivity (Wildman–Crippen MR) is 244 cm³/mol. The highest BCUT2D eigenvalue weighted by Crippen LogP contribution is 2.40. The largest absolute Gasteiger partial charge is 0.494 e. The van der Waals surface area contributed by atoms with Crippen molar-refractivity contribution in [3.63, 3.8) is 0 Å². The summed E-state index contributed by atoms with van der Waals surface area (Å²) in [6.07, 6.45) is 5.14. The summed E-state index contributed by atoms with van der Waals surface area (Å²) in [7, 11) is 0. The van der Waals surface area contributed by atoms with Crippen LogP contribution in [0.3, 0.4) is 0 Å². The van der Waals surface area contributed by atoms with Crippen LogP contribution in [0.15, 0.2) is 126 Å². The number of nitriles is 1. The van der Waals surface area contributed by atoms with Gasteiger partial charge in [0.1, 0.15) is 17.2 Å². The summed E-state index contributed by atoms with van der Waals surface area (Å²) in [6, 6.07) is 37.1. The first-order chi connectivity index (χ1) is 31.3. The van der Waals surface area contributed by atoms with Crippen LogP contribution in [0, 0.1) is 17.2 Å². The summed E-state index contributed by atoms with van der Waals surface area (Å²) in [6.45, 7) is 2.41. The number of alkyl halides is 2. The number of anilines is 1. The quantitative estimate of drug-likeness (QED) is 0.0164. The third kappa shape index (κ3) is 12.3. The lowest BCUT2D eigenvalue weighted by molar-refractivity contribution is -0.185. The van der Waals surface area contributed by atoms with Crippen molar-refractivity contribution in [2.24, 2.45) is 11.0 Å². The highest BCUT2D eigenvalue weighted by atomic mass is 32.1. The van der Waals surface area contributed by atoms with Crippen molar-refractivity contribution in [2.75, 3.05) is 31.4 Å². The highest BCUT2D eigenvalue weighted by molar-refractivity contribution is 7.22. The van der Waals surface area contributed by atoms with E-state index in [1.165, 1.54) is 54.3 Å². The predicted octanol–water partition coefficient (Wildman–Crippen LogP) is 11.5. The molecule has 0 radical (unpaired) electrons. The maximum absolute atomic E-state index is 15.7. The Bertz CT molecular complexity index is 2500. The SMILES string of the molecule is N#CCCCCN(/N=C/c1cc(OC(F)(F)c2ccc(-c3ccccc3)cc2)ccc1OC(=O)CCc1ccc(OCCCOCC2CCC3OC3C2)cc1)c1nc2ccccc2s1. The summed E-state index contributed by atoms with van der Waals surface area (Å²) in [4.78, 5) is 18.1. The van der Waals surface area contributed by atoms with Crippen LogP contribution in [0.1, 0.15) is 68.1 Å². The van der Waals surface area contributed by atoms with E-state index < -0.39 is 12.1 Å². The molecule has 10 nitrogen and oxygen atoms in total. The molecule has 3 atom stereocenters. The molecule has 1 saturated heterocycles. The standard InChI is InChI=1S/C51H50F2N4O6S/c52-51(53,41-20-18-39(19-21-41)38-10-3-1-4-11-38)63-43-24-26-45(40(33-43)34-55-57(29-8-2-7-28-54)50-56-44-12-5-6-13-48(44)64-50)62-49(58)27-17-36-14-22-42(23-15-36)60-31-9-30-59-35-37-16-25-46-47(32-37)61-46/h1,3-6,10-15,18-24,26,33-34,37,46-47H,2,7-9,16-17,25,27,29-32,35H2/b55-34+. The molecule has 0 bridgehead atoms. The molecule has 13 heteroatoms. The number of carbonyl (C=O) groups is 1. The number of carbonyl (C=O) groups excluding carboxylic acids is 1. The molecule has 1 saturated carbocycles. The minimum atomic E-state index is -3.69.